The van der Waals surface area contributed by atoms with Gasteiger partial charge in [-0.2, -0.15) is 0 Å². The first-order valence-electron chi connectivity index (χ1n) is 25.5. The number of hydrogen-bond acceptors (Lipinski definition) is 6. The fraction of sp³-hybridized carbons (Fsp3) is 0.941. The van der Waals surface area contributed by atoms with Crippen LogP contribution in [0.2, 0.25) is 0 Å². The van der Waals surface area contributed by atoms with Gasteiger partial charge in [-0.1, -0.05) is 252 Å². The molecule has 0 aliphatic heterocycles. The maximum absolute atomic E-state index is 12.7. The second kappa shape index (κ2) is 47.1. The fourth-order valence-corrected chi connectivity index (χ4v) is 7.74. The van der Waals surface area contributed by atoms with E-state index in [4.69, 9.17) is 14.2 Å². The molecule has 6 heteroatoms. The van der Waals surface area contributed by atoms with Crippen LogP contribution >= 0.6 is 0 Å². The first kappa shape index (κ1) is 55.4. The molecule has 6 nitrogen and oxygen atoms in total. The molecule has 0 unspecified atom stereocenters. The van der Waals surface area contributed by atoms with Crippen molar-refractivity contribution in [3.05, 3.63) is 0 Å². The number of ether oxygens (including phenoxy) is 3. The van der Waals surface area contributed by atoms with E-state index in [1.807, 2.05) is 0 Å². The number of unbranched alkanes of at least 4 members (excludes halogenated alkanes) is 36. The van der Waals surface area contributed by atoms with E-state index in [0.29, 0.717) is 19.3 Å². The quantitative estimate of drug-likeness (QED) is 0.0346. The van der Waals surface area contributed by atoms with Crippen LogP contribution in [-0.2, 0) is 28.6 Å². The number of rotatable bonds is 47. The summed E-state index contributed by atoms with van der Waals surface area (Å²) >= 11 is 0. The van der Waals surface area contributed by atoms with Gasteiger partial charge in [-0.05, 0) is 19.3 Å². The van der Waals surface area contributed by atoms with E-state index >= 15 is 0 Å². The molecule has 0 aliphatic rings. The third kappa shape index (κ3) is 45.3. The van der Waals surface area contributed by atoms with Crippen molar-refractivity contribution in [1.29, 1.82) is 0 Å². The van der Waals surface area contributed by atoms with E-state index in [2.05, 4.69) is 20.8 Å². The lowest BCUT2D eigenvalue weighted by atomic mass is 10.0. The van der Waals surface area contributed by atoms with Crippen molar-refractivity contribution in [2.24, 2.45) is 0 Å². The molecule has 57 heavy (non-hydrogen) atoms. The molecule has 0 saturated carbocycles. The molecular weight excluding hydrogens is 709 g/mol. The number of hydrogen-bond donors (Lipinski definition) is 0. The lowest BCUT2D eigenvalue weighted by molar-refractivity contribution is -0.167. The van der Waals surface area contributed by atoms with Gasteiger partial charge in [-0.3, -0.25) is 14.4 Å². The molecule has 0 heterocycles. The highest BCUT2D eigenvalue weighted by Crippen LogP contribution is 2.17. The van der Waals surface area contributed by atoms with E-state index < -0.39 is 6.10 Å². The van der Waals surface area contributed by atoms with Crippen LogP contribution in [0.4, 0.5) is 0 Å². The third-order valence-corrected chi connectivity index (χ3v) is 11.6. The SMILES string of the molecule is CCCCCCCCCCCCCCCCCCCCC(=O)O[C@H](COC(=O)CCCCCCC)COC(=O)CCCCCCCCCCCCCCCCCC. The van der Waals surface area contributed by atoms with Crippen LogP contribution < -0.4 is 0 Å². The Hall–Kier alpha value is -1.59. The summed E-state index contributed by atoms with van der Waals surface area (Å²) in [6.07, 6.45) is 49.8. The molecule has 338 valence electrons. The summed E-state index contributed by atoms with van der Waals surface area (Å²) in [6.45, 7) is 6.60. The Bertz CT molecular complexity index is 844. The zero-order valence-electron chi connectivity index (χ0n) is 38.6. The molecular formula is C51H98O6. The van der Waals surface area contributed by atoms with Crippen LogP contribution in [0.3, 0.4) is 0 Å². The molecule has 0 radical (unpaired) electrons. The highest BCUT2D eigenvalue weighted by molar-refractivity contribution is 5.71. The van der Waals surface area contributed by atoms with Gasteiger partial charge in [0.2, 0.25) is 0 Å². The summed E-state index contributed by atoms with van der Waals surface area (Å²) in [7, 11) is 0. The Morgan fingerprint density at radius 2 is 0.474 bits per heavy atom. The van der Waals surface area contributed by atoms with Gasteiger partial charge < -0.3 is 14.2 Å². The Balaban J connectivity index is 4.10. The zero-order valence-corrected chi connectivity index (χ0v) is 38.6. The largest absolute Gasteiger partial charge is 0.462 e. The third-order valence-electron chi connectivity index (χ3n) is 11.6. The van der Waals surface area contributed by atoms with Crippen molar-refractivity contribution >= 4 is 17.9 Å². The summed E-state index contributed by atoms with van der Waals surface area (Å²) in [5.74, 6) is -0.858. The van der Waals surface area contributed by atoms with E-state index in [1.165, 1.54) is 186 Å². The van der Waals surface area contributed by atoms with Gasteiger partial charge in [0.15, 0.2) is 6.10 Å². The number of carbonyl (C=O) groups excluding carboxylic acids is 3. The van der Waals surface area contributed by atoms with Crippen molar-refractivity contribution in [2.75, 3.05) is 13.2 Å². The van der Waals surface area contributed by atoms with E-state index in [9.17, 15) is 14.4 Å². The van der Waals surface area contributed by atoms with Crippen LogP contribution in [-0.4, -0.2) is 37.2 Å². The van der Waals surface area contributed by atoms with Crippen molar-refractivity contribution in [2.45, 2.75) is 297 Å². The molecule has 0 amide bonds. The summed E-state index contributed by atoms with van der Waals surface area (Å²) in [5, 5.41) is 0. The van der Waals surface area contributed by atoms with Crippen LogP contribution in [0.5, 0.6) is 0 Å². The minimum atomic E-state index is -0.758. The second-order valence-electron chi connectivity index (χ2n) is 17.5. The molecule has 0 aromatic carbocycles. The summed E-state index contributed by atoms with van der Waals surface area (Å²) in [6, 6.07) is 0. The maximum Gasteiger partial charge on any atom is 0.306 e. The number of esters is 3. The van der Waals surface area contributed by atoms with Crippen LogP contribution in [0.25, 0.3) is 0 Å². The molecule has 0 rings (SSSR count). The monoisotopic (exact) mass is 807 g/mol. The molecule has 0 N–H and O–H groups in total. The molecule has 0 saturated heterocycles. The summed E-state index contributed by atoms with van der Waals surface area (Å²) in [4.78, 5) is 37.6. The van der Waals surface area contributed by atoms with Crippen molar-refractivity contribution in [3.8, 4) is 0 Å². The molecule has 0 bridgehead atoms. The lowest BCUT2D eigenvalue weighted by Gasteiger charge is -2.18. The second-order valence-corrected chi connectivity index (χ2v) is 17.5. The molecule has 0 aromatic heterocycles. The van der Waals surface area contributed by atoms with Gasteiger partial charge in [-0.25, -0.2) is 0 Å². The standard InChI is InChI=1S/C51H98O6/c1-4-7-10-13-15-17-19-21-23-25-26-28-30-32-34-36-39-42-45-51(54)57-48(46-55-49(52)43-40-37-12-9-6-3)47-56-50(53)44-41-38-35-33-31-29-27-24-22-20-18-16-14-11-8-5-2/h48H,4-47H2,1-3H3/t48-/m1/s1. The smallest absolute Gasteiger partial charge is 0.306 e. The highest BCUT2D eigenvalue weighted by Gasteiger charge is 2.19. The predicted molar refractivity (Wildman–Crippen MR) is 243 cm³/mol. The molecule has 0 aromatic rings. The van der Waals surface area contributed by atoms with E-state index in [-0.39, 0.29) is 31.1 Å². The predicted octanol–water partition coefficient (Wildman–Crippen LogP) is 16.4. The van der Waals surface area contributed by atoms with Gasteiger partial charge in [0.05, 0.1) is 0 Å². The Morgan fingerprint density at radius 1 is 0.281 bits per heavy atom. The van der Waals surface area contributed by atoms with Gasteiger partial charge >= 0.3 is 17.9 Å². The Labute approximate surface area is 355 Å². The van der Waals surface area contributed by atoms with Crippen LogP contribution in [0.15, 0.2) is 0 Å². The summed E-state index contributed by atoms with van der Waals surface area (Å²) in [5.41, 5.74) is 0. The topological polar surface area (TPSA) is 78.9 Å². The first-order valence-corrected chi connectivity index (χ1v) is 25.5. The van der Waals surface area contributed by atoms with E-state index in [0.717, 1.165) is 64.2 Å². The minimum Gasteiger partial charge on any atom is -0.462 e. The minimum absolute atomic E-state index is 0.0632. The normalized spacial score (nSPS) is 11.8. The van der Waals surface area contributed by atoms with Crippen molar-refractivity contribution in [3.63, 3.8) is 0 Å². The van der Waals surface area contributed by atoms with Crippen molar-refractivity contribution < 1.29 is 28.6 Å². The molecule has 0 spiro atoms. The Morgan fingerprint density at radius 3 is 0.702 bits per heavy atom. The number of carbonyl (C=O) groups is 3. The zero-order chi connectivity index (χ0) is 41.5. The van der Waals surface area contributed by atoms with Gasteiger partial charge in [0.1, 0.15) is 13.2 Å². The first-order chi connectivity index (χ1) is 28.0. The van der Waals surface area contributed by atoms with Gasteiger partial charge in [0, 0.05) is 19.3 Å². The Kier molecular flexibility index (Phi) is 45.8. The van der Waals surface area contributed by atoms with Gasteiger partial charge in [0.25, 0.3) is 0 Å². The van der Waals surface area contributed by atoms with Crippen LogP contribution in [0.1, 0.15) is 290 Å². The highest BCUT2D eigenvalue weighted by atomic mass is 16.6. The molecule has 1 atom stereocenters. The van der Waals surface area contributed by atoms with Gasteiger partial charge in [-0.15, -0.1) is 0 Å². The summed E-state index contributed by atoms with van der Waals surface area (Å²) < 4.78 is 16.7. The average molecular weight is 807 g/mol. The average Bonchev–Trinajstić information content (AvgIpc) is 3.21. The maximum atomic E-state index is 12.7. The van der Waals surface area contributed by atoms with E-state index in [1.54, 1.807) is 0 Å². The molecule has 0 fully saturated rings. The molecule has 0 aliphatic carbocycles. The van der Waals surface area contributed by atoms with Crippen molar-refractivity contribution in [1.82, 2.24) is 0 Å². The lowest BCUT2D eigenvalue weighted by Crippen LogP contribution is -2.30. The fourth-order valence-electron chi connectivity index (χ4n) is 7.74. The van der Waals surface area contributed by atoms with Crippen LogP contribution in [0, 0.1) is 0 Å².